The molecular weight excluding hydrogens is 242 g/mol. The molecule has 0 heterocycles. The number of sulfonamides is 1. The van der Waals surface area contributed by atoms with Crippen LogP contribution in [0.5, 0.6) is 0 Å². The highest BCUT2D eigenvalue weighted by atomic mass is 32.2. The summed E-state index contributed by atoms with van der Waals surface area (Å²) in [5, 5.41) is 0. The van der Waals surface area contributed by atoms with Gasteiger partial charge in [0, 0.05) is 13.0 Å². The highest BCUT2D eigenvalue weighted by Crippen LogP contribution is 2.13. The Labute approximate surface area is 104 Å². The Balaban J connectivity index is 3.70. The Morgan fingerprint density at radius 1 is 1.18 bits per heavy atom. The lowest BCUT2D eigenvalue weighted by atomic mass is 10.2. The minimum atomic E-state index is -3.25. The van der Waals surface area contributed by atoms with E-state index in [1.807, 2.05) is 0 Å². The highest BCUT2D eigenvalue weighted by molar-refractivity contribution is 7.90. The van der Waals surface area contributed by atoms with E-state index in [9.17, 15) is 13.2 Å². The van der Waals surface area contributed by atoms with Crippen molar-refractivity contribution < 1.29 is 17.9 Å². The third-order valence-electron chi connectivity index (χ3n) is 2.38. The summed E-state index contributed by atoms with van der Waals surface area (Å²) < 4.78 is 29.6. The zero-order chi connectivity index (χ0) is 13.5. The van der Waals surface area contributed by atoms with E-state index in [0.29, 0.717) is 13.0 Å². The number of esters is 1. The molecule has 0 aromatic carbocycles. The first-order valence-corrected chi connectivity index (χ1v) is 7.25. The van der Waals surface area contributed by atoms with Crippen molar-refractivity contribution in [2.75, 3.05) is 13.7 Å². The predicted molar refractivity (Wildman–Crippen MR) is 67.2 cm³/mol. The van der Waals surface area contributed by atoms with Crippen molar-refractivity contribution in [2.45, 2.75) is 51.2 Å². The molecule has 17 heavy (non-hydrogen) atoms. The number of carbonyl (C=O) groups excluding carboxylic acids is 1. The van der Waals surface area contributed by atoms with E-state index in [0.717, 1.165) is 19.3 Å². The second kappa shape index (κ2) is 6.96. The third kappa shape index (κ3) is 6.63. The second-order valence-corrected chi connectivity index (χ2v) is 7.42. The highest BCUT2D eigenvalue weighted by Gasteiger charge is 2.27. The Bertz CT molecular complexity index is 330. The van der Waals surface area contributed by atoms with Crippen molar-refractivity contribution in [1.29, 1.82) is 0 Å². The number of carbonyl (C=O) groups is 1. The van der Waals surface area contributed by atoms with Gasteiger partial charge >= 0.3 is 5.97 Å². The van der Waals surface area contributed by atoms with Crippen LogP contribution in [0, 0.1) is 0 Å². The Morgan fingerprint density at radius 3 is 2.24 bits per heavy atom. The molecule has 6 heteroatoms. The van der Waals surface area contributed by atoms with Crippen molar-refractivity contribution in [1.82, 2.24) is 4.72 Å². The van der Waals surface area contributed by atoms with Crippen LogP contribution in [-0.4, -0.2) is 32.8 Å². The molecule has 0 spiro atoms. The molecule has 0 rings (SSSR count). The van der Waals surface area contributed by atoms with Crippen LogP contribution in [0.4, 0.5) is 0 Å². The van der Waals surface area contributed by atoms with Gasteiger partial charge in [0.1, 0.15) is 0 Å². The van der Waals surface area contributed by atoms with Gasteiger partial charge in [-0.2, -0.15) is 0 Å². The van der Waals surface area contributed by atoms with Crippen LogP contribution < -0.4 is 4.72 Å². The topological polar surface area (TPSA) is 72.5 Å². The summed E-state index contributed by atoms with van der Waals surface area (Å²) in [6.45, 7) is 5.40. The van der Waals surface area contributed by atoms with E-state index in [2.05, 4.69) is 9.46 Å². The fourth-order valence-corrected chi connectivity index (χ4v) is 1.94. The molecule has 1 N–H and O–H groups in total. The summed E-state index contributed by atoms with van der Waals surface area (Å²) in [5.74, 6) is -0.222. The van der Waals surface area contributed by atoms with E-state index >= 15 is 0 Å². The zero-order valence-electron chi connectivity index (χ0n) is 11.1. The zero-order valence-corrected chi connectivity index (χ0v) is 11.9. The Kier molecular flexibility index (Phi) is 6.70. The van der Waals surface area contributed by atoms with Gasteiger partial charge < -0.3 is 4.74 Å². The predicted octanol–water partition coefficient (Wildman–Crippen LogP) is 1.44. The van der Waals surface area contributed by atoms with Crippen molar-refractivity contribution in [2.24, 2.45) is 0 Å². The maximum absolute atomic E-state index is 11.7. The average Bonchev–Trinajstić information content (AvgIpc) is 2.21. The summed E-state index contributed by atoms with van der Waals surface area (Å²) in [7, 11) is -1.89. The van der Waals surface area contributed by atoms with E-state index in [-0.39, 0.29) is 5.97 Å². The largest absolute Gasteiger partial charge is 0.469 e. The molecule has 0 saturated heterocycles. The van der Waals surface area contributed by atoms with E-state index < -0.39 is 14.8 Å². The van der Waals surface area contributed by atoms with Gasteiger partial charge in [0.2, 0.25) is 10.0 Å². The van der Waals surface area contributed by atoms with Gasteiger partial charge in [0.25, 0.3) is 0 Å². The maximum atomic E-state index is 11.7. The van der Waals surface area contributed by atoms with Crippen LogP contribution in [0.2, 0.25) is 0 Å². The van der Waals surface area contributed by atoms with Crippen LogP contribution in [0.15, 0.2) is 0 Å². The van der Waals surface area contributed by atoms with Gasteiger partial charge in [0.15, 0.2) is 0 Å². The summed E-state index contributed by atoms with van der Waals surface area (Å²) in [5.41, 5.74) is 0. The first kappa shape index (κ1) is 16.4. The van der Waals surface area contributed by atoms with E-state index in [1.165, 1.54) is 7.11 Å². The molecule has 0 aromatic heterocycles. The number of hydrogen-bond acceptors (Lipinski definition) is 4. The van der Waals surface area contributed by atoms with Crippen molar-refractivity contribution in [3.63, 3.8) is 0 Å². The van der Waals surface area contributed by atoms with Crippen LogP contribution in [-0.2, 0) is 19.6 Å². The number of unbranched alkanes of at least 4 members (excludes halogenated alkanes) is 2. The average molecular weight is 265 g/mol. The number of hydrogen-bond donors (Lipinski definition) is 1. The summed E-state index contributed by atoms with van der Waals surface area (Å²) in [4.78, 5) is 10.8. The number of nitrogens with one attached hydrogen (secondary N) is 1. The van der Waals surface area contributed by atoms with Gasteiger partial charge in [-0.05, 0) is 33.6 Å². The van der Waals surface area contributed by atoms with Crippen molar-refractivity contribution in [3.05, 3.63) is 0 Å². The second-order valence-electron chi connectivity index (χ2n) is 4.90. The molecule has 0 unspecified atom stereocenters. The lowest BCUT2D eigenvalue weighted by Crippen LogP contribution is -2.39. The molecule has 0 saturated carbocycles. The number of methoxy groups -OCH3 is 1. The number of rotatable bonds is 7. The quantitative estimate of drug-likeness (QED) is 0.558. The van der Waals surface area contributed by atoms with Crippen molar-refractivity contribution >= 4 is 16.0 Å². The summed E-state index contributed by atoms with van der Waals surface area (Å²) in [6, 6.07) is 0. The lowest BCUT2D eigenvalue weighted by molar-refractivity contribution is -0.140. The molecule has 0 aliphatic rings. The van der Waals surface area contributed by atoms with Crippen molar-refractivity contribution in [3.8, 4) is 0 Å². The first-order chi connectivity index (χ1) is 7.70. The van der Waals surface area contributed by atoms with Gasteiger partial charge in [0.05, 0.1) is 11.9 Å². The molecule has 5 nitrogen and oxygen atoms in total. The molecule has 0 aliphatic carbocycles. The normalized spacial score (nSPS) is 12.5. The van der Waals surface area contributed by atoms with Crippen LogP contribution >= 0.6 is 0 Å². The molecule has 0 atom stereocenters. The summed E-state index contributed by atoms with van der Waals surface area (Å²) >= 11 is 0. The molecule has 0 fully saturated rings. The smallest absolute Gasteiger partial charge is 0.305 e. The third-order valence-corrected chi connectivity index (χ3v) is 4.58. The molecular formula is C11H23NO4S. The van der Waals surface area contributed by atoms with Gasteiger partial charge in [-0.3, -0.25) is 4.79 Å². The summed E-state index contributed by atoms with van der Waals surface area (Å²) in [6.07, 6.45) is 2.65. The molecule has 0 aliphatic heterocycles. The van der Waals surface area contributed by atoms with Crippen LogP contribution in [0.25, 0.3) is 0 Å². The number of ether oxygens (including phenoxy) is 1. The SMILES string of the molecule is COC(=O)CCCCCNS(=O)(=O)C(C)(C)C. The van der Waals surface area contributed by atoms with Crippen LogP contribution in [0.1, 0.15) is 46.5 Å². The van der Waals surface area contributed by atoms with E-state index in [4.69, 9.17) is 0 Å². The van der Waals surface area contributed by atoms with Gasteiger partial charge in [-0.25, -0.2) is 13.1 Å². The monoisotopic (exact) mass is 265 g/mol. The minimum absolute atomic E-state index is 0.222. The molecule has 102 valence electrons. The molecule has 0 bridgehead atoms. The molecule has 0 amide bonds. The first-order valence-electron chi connectivity index (χ1n) is 5.77. The fourth-order valence-electron chi connectivity index (χ4n) is 1.10. The molecule has 0 aromatic rings. The Hall–Kier alpha value is -0.620. The lowest BCUT2D eigenvalue weighted by Gasteiger charge is -2.19. The molecule has 0 radical (unpaired) electrons. The van der Waals surface area contributed by atoms with Gasteiger partial charge in [-0.1, -0.05) is 6.42 Å². The fraction of sp³-hybridized carbons (Fsp3) is 0.909. The van der Waals surface area contributed by atoms with Gasteiger partial charge in [-0.15, -0.1) is 0 Å². The van der Waals surface area contributed by atoms with E-state index in [1.54, 1.807) is 20.8 Å². The minimum Gasteiger partial charge on any atom is -0.469 e. The maximum Gasteiger partial charge on any atom is 0.305 e. The van der Waals surface area contributed by atoms with Crippen LogP contribution in [0.3, 0.4) is 0 Å². The Morgan fingerprint density at radius 2 is 1.76 bits per heavy atom. The standard InChI is InChI=1S/C11H23NO4S/c1-11(2,3)17(14,15)12-9-7-5-6-8-10(13)16-4/h12H,5-9H2,1-4H3.